The maximum absolute atomic E-state index is 13.1. The standard InChI is InChI=1S/C24H23N3O3/c1-26(2)22-14-12-20(13-15-22)23(28)27(17-19-6-4-3-5-7-19)25-16-18-8-10-21(11-9-18)24(29)30/h3-16H,17H2,1-2H3,(H,29,30)/b25-16+. The Balaban J connectivity index is 1.85. The molecule has 0 aliphatic carbocycles. The number of anilines is 1. The molecule has 0 radical (unpaired) electrons. The van der Waals surface area contributed by atoms with Gasteiger partial charge in [-0.05, 0) is 47.5 Å². The van der Waals surface area contributed by atoms with Crippen LogP contribution in [0.2, 0.25) is 0 Å². The first-order valence-electron chi connectivity index (χ1n) is 9.44. The summed E-state index contributed by atoms with van der Waals surface area (Å²) in [5.74, 6) is -1.21. The fourth-order valence-corrected chi connectivity index (χ4v) is 2.82. The third-order valence-electron chi connectivity index (χ3n) is 4.54. The minimum atomic E-state index is -0.986. The smallest absolute Gasteiger partial charge is 0.335 e. The number of aromatic carboxylic acids is 1. The molecule has 0 aliphatic heterocycles. The molecule has 0 heterocycles. The molecule has 6 nitrogen and oxygen atoms in total. The lowest BCUT2D eigenvalue weighted by Gasteiger charge is -2.18. The number of hydrazone groups is 1. The number of hydrogen-bond donors (Lipinski definition) is 1. The number of amides is 1. The molecule has 0 aliphatic rings. The van der Waals surface area contributed by atoms with Crippen molar-refractivity contribution in [3.8, 4) is 0 Å². The van der Waals surface area contributed by atoms with Gasteiger partial charge in [0.15, 0.2) is 0 Å². The Morgan fingerprint density at radius 3 is 2.03 bits per heavy atom. The van der Waals surface area contributed by atoms with Gasteiger partial charge in [0.2, 0.25) is 0 Å². The third kappa shape index (κ3) is 5.32. The van der Waals surface area contributed by atoms with E-state index >= 15 is 0 Å². The summed E-state index contributed by atoms with van der Waals surface area (Å²) >= 11 is 0. The number of carboxylic acids is 1. The van der Waals surface area contributed by atoms with Crippen molar-refractivity contribution in [2.24, 2.45) is 5.10 Å². The lowest BCUT2D eigenvalue weighted by Crippen LogP contribution is -2.25. The number of hydrogen-bond acceptors (Lipinski definition) is 4. The number of carbonyl (C=O) groups excluding carboxylic acids is 1. The van der Waals surface area contributed by atoms with Gasteiger partial charge in [0.25, 0.3) is 5.91 Å². The van der Waals surface area contributed by atoms with E-state index in [1.165, 1.54) is 17.1 Å². The SMILES string of the molecule is CN(C)c1ccc(C(=O)N(Cc2ccccc2)/N=C/c2ccc(C(=O)O)cc2)cc1. The average molecular weight is 401 g/mol. The fraction of sp³-hybridized carbons (Fsp3) is 0.125. The van der Waals surface area contributed by atoms with Gasteiger partial charge in [0.05, 0.1) is 18.3 Å². The first kappa shape index (κ1) is 20.8. The number of nitrogens with zero attached hydrogens (tertiary/aromatic N) is 3. The Hall–Kier alpha value is -3.93. The molecule has 1 amide bonds. The molecular weight excluding hydrogens is 378 g/mol. The van der Waals surface area contributed by atoms with Gasteiger partial charge in [-0.15, -0.1) is 0 Å². The highest BCUT2D eigenvalue weighted by Gasteiger charge is 2.16. The van der Waals surface area contributed by atoms with E-state index < -0.39 is 5.97 Å². The predicted molar refractivity (Wildman–Crippen MR) is 118 cm³/mol. The molecule has 0 spiro atoms. The summed E-state index contributed by atoms with van der Waals surface area (Å²) in [7, 11) is 3.89. The van der Waals surface area contributed by atoms with Crippen molar-refractivity contribution in [1.82, 2.24) is 5.01 Å². The van der Waals surface area contributed by atoms with Gasteiger partial charge in [0.1, 0.15) is 0 Å². The molecule has 0 fully saturated rings. The third-order valence-corrected chi connectivity index (χ3v) is 4.54. The highest BCUT2D eigenvalue weighted by atomic mass is 16.4. The Bertz CT molecular complexity index is 1030. The van der Waals surface area contributed by atoms with Gasteiger partial charge in [-0.1, -0.05) is 42.5 Å². The molecule has 30 heavy (non-hydrogen) atoms. The zero-order valence-corrected chi connectivity index (χ0v) is 16.9. The summed E-state index contributed by atoms with van der Waals surface area (Å²) in [6.45, 7) is 0.318. The van der Waals surface area contributed by atoms with Crippen molar-refractivity contribution in [2.75, 3.05) is 19.0 Å². The summed E-state index contributed by atoms with van der Waals surface area (Å²) in [6, 6.07) is 23.3. The molecule has 0 aromatic heterocycles. The Morgan fingerprint density at radius 2 is 1.47 bits per heavy atom. The number of carboxylic acid groups (broad SMARTS) is 1. The van der Waals surface area contributed by atoms with E-state index in [-0.39, 0.29) is 11.5 Å². The number of rotatable bonds is 7. The lowest BCUT2D eigenvalue weighted by atomic mass is 10.1. The highest BCUT2D eigenvalue weighted by molar-refractivity contribution is 5.95. The van der Waals surface area contributed by atoms with Crippen molar-refractivity contribution in [1.29, 1.82) is 0 Å². The van der Waals surface area contributed by atoms with Crippen LogP contribution >= 0.6 is 0 Å². The topological polar surface area (TPSA) is 73.2 Å². The second-order valence-corrected chi connectivity index (χ2v) is 6.96. The van der Waals surface area contributed by atoms with Crippen molar-refractivity contribution in [3.63, 3.8) is 0 Å². The predicted octanol–water partition coefficient (Wildman–Crippen LogP) is 4.13. The maximum atomic E-state index is 13.1. The van der Waals surface area contributed by atoms with E-state index in [9.17, 15) is 9.59 Å². The van der Waals surface area contributed by atoms with E-state index in [1.807, 2.05) is 61.5 Å². The second kappa shape index (κ2) is 9.52. The van der Waals surface area contributed by atoms with E-state index in [1.54, 1.807) is 30.5 Å². The van der Waals surface area contributed by atoms with Crippen molar-refractivity contribution < 1.29 is 14.7 Å². The second-order valence-electron chi connectivity index (χ2n) is 6.96. The molecule has 3 rings (SSSR count). The molecule has 1 N–H and O–H groups in total. The molecule has 3 aromatic rings. The fourth-order valence-electron chi connectivity index (χ4n) is 2.82. The lowest BCUT2D eigenvalue weighted by molar-refractivity contribution is 0.0695. The van der Waals surface area contributed by atoms with Gasteiger partial charge >= 0.3 is 5.97 Å². The highest BCUT2D eigenvalue weighted by Crippen LogP contribution is 2.16. The Labute approximate surface area is 175 Å². The van der Waals surface area contributed by atoms with Gasteiger partial charge in [-0.25, -0.2) is 9.80 Å². The van der Waals surface area contributed by atoms with Gasteiger partial charge in [0, 0.05) is 25.3 Å². The van der Waals surface area contributed by atoms with E-state index in [0.717, 1.165) is 11.3 Å². The van der Waals surface area contributed by atoms with Crippen LogP contribution in [0.5, 0.6) is 0 Å². The van der Waals surface area contributed by atoms with Crippen LogP contribution in [0.4, 0.5) is 5.69 Å². The number of benzene rings is 3. The van der Waals surface area contributed by atoms with Crippen LogP contribution in [0.1, 0.15) is 31.8 Å². The quantitative estimate of drug-likeness (QED) is 0.477. The summed E-state index contributed by atoms with van der Waals surface area (Å²) in [5, 5.41) is 14.8. The molecule has 152 valence electrons. The first-order chi connectivity index (χ1) is 14.4. The normalized spacial score (nSPS) is 10.7. The van der Waals surface area contributed by atoms with Crippen molar-refractivity contribution >= 4 is 23.8 Å². The Kier molecular flexibility index (Phi) is 6.60. The van der Waals surface area contributed by atoms with Crippen LogP contribution < -0.4 is 4.90 Å². The number of carbonyl (C=O) groups is 2. The van der Waals surface area contributed by atoms with Crippen molar-refractivity contribution in [3.05, 3.63) is 101 Å². The molecule has 6 heteroatoms. The van der Waals surface area contributed by atoms with Crippen molar-refractivity contribution in [2.45, 2.75) is 6.54 Å². The van der Waals surface area contributed by atoms with E-state index in [4.69, 9.17) is 5.11 Å². The molecule has 0 saturated carbocycles. The minimum absolute atomic E-state index is 0.199. The summed E-state index contributed by atoms with van der Waals surface area (Å²) in [4.78, 5) is 26.1. The molecule has 0 bridgehead atoms. The van der Waals surface area contributed by atoms with E-state index in [2.05, 4.69) is 5.10 Å². The molecule has 0 unspecified atom stereocenters. The molecule has 3 aromatic carbocycles. The average Bonchev–Trinajstić information content (AvgIpc) is 2.77. The molecular formula is C24H23N3O3. The van der Waals surface area contributed by atoms with Crippen LogP contribution in [0.3, 0.4) is 0 Å². The zero-order chi connectivity index (χ0) is 21.5. The largest absolute Gasteiger partial charge is 0.478 e. The van der Waals surface area contributed by atoms with E-state index in [0.29, 0.717) is 17.7 Å². The van der Waals surface area contributed by atoms with Crippen LogP contribution in [0, 0.1) is 0 Å². The van der Waals surface area contributed by atoms with Crippen LogP contribution in [0.15, 0.2) is 84.0 Å². The maximum Gasteiger partial charge on any atom is 0.335 e. The summed E-state index contributed by atoms with van der Waals surface area (Å²) in [5.41, 5.74) is 3.39. The molecule has 0 atom stereocenters. The van der Waals surface area contributed by atoms with Gasteiger partial charge in [-0.2, -0.15) is 5.10 Å². The van der Waals surface area contributed by atoms with Crippen LogP contribution in [-0.4, -0.2) is 42.3 Å². The van der Waals surface area contributed by atoms with Crippen LogP contribution in [-0.2, 0) is 6.54 Å². The Morgan fingerprint density at radius 1 is 0.867 bits per heavy atom. The van der Waals surface area contributed by atoms with Gasteiger partial charge < -0.3 is 10.0 Å². The first-order valence-corrected chi connectivity index (χ1v) is 9.44. The zero-order valence-electron chi connectivity index (χ0n) is 16.9. The van der Waals surface area contributed by atoms with Gasteiger partial charge in [-0.3, -0.25) is 4.79 Å². The molecule has 0 saturated heterocycles. The summed E-state index contributed by atoms with van der Waals surface area (Å²) in [6.07, 6.45) is 1.56. The monoisotopic (exact) mass is 401 g/mol. The summed E-state index contributed by atoms with van der Waals surface area (Å²) < 4.78 is 0. The van der Waals surface area contributed by atoms with Crippen LogP contribution in [0.25, 0.3) is 0 Å². The minimum Gasteiger partial charge on any atom is -0.478 e.